The molecule has 0 saturated carbocycles. The summed E-state index contributed by atoms with van der Waals surface area (Å²) in [6.07, 6.45) is 0. The van der Waals surface area contributed by atoms with Gasteiger partial charge >= 0.3 is 0 Å². The molecular formula is C23H21NOS. The van der Waals surface area contributed by atoms with E-state index in [9.17, 15) is 4.79 Å². The standard InChI is InChI=1S/C23H21NOS/c1-23(2)20-19(21(25)17-12-13-26-22(17)20)16-10-6-7-11-18(16)24(23)14-15-8-4-3-5-9-15/h3-13,19-20H,14H2,1-2H3/t19-,20+/m0/s1. The van der Waals surface area contributed by atoms with E-state index in [4.69, 9.17) is 0 Å². The van der Waals surface area contributed by atoms with Crippen LogP contribution in [0.15, 0.2) is 66.0 Å². The fraction of sp³-hybridized carbons (Fsp3) is 0.261. The number of Topliss-reactive ketones (excluding diaryl/α,β-unsaturated/α-hetero) is 1. The normalized spacial score (nSPS) is 22.7. The zero-order chi connectivity index (χ0) is 17.9. The molecule has 1 aliphatic carbocycles. The third-order valence-corrected chi connectivity index (χ3v) is 7.06. The van der Waals surface area contributed by atoms with Gasteiger partial charge in [-0.1, -0.05) is 48.5 Å². The minimum atomic E-state index is -0.138. The first kappa shape index (κ1) is 15.8. The lowest BCUT2D eigenvalue weighted by Gasteiger charge is -2.51. The van der Waals surface area contributed by atoms with Crippen LogP contribution in [0, 0.1) is 0 Å². The number of carbonyl (C=O) groups is 1. The lowest BCUT2D eigenvalue weighted by atomic mass is 9.71. The van der Waals surface area contributed by atoms with Crippen LogP contribution in [-0.2, 0) is 6.54 Å². The quantitative estimate of drug-likeness (QED) is 0.593. The number of anilines is 1. The fourth-order valence-corrected chi connectivity index (χ4v) is 6.03. The van der Waals surface area contributed by atoms with Crippen molar-refractivity contribution in [1.82, 2.24) is 0 Å². The van der Waals surface area contributed by atoms with E-state index in [1.54, 1.807) is 11.3 Å². The smallest absolute Gasteiger partial charge is 0.172 e. The molecule has 3 heteroatoms. The van der Waals surface area contributed by atoms with Crippen molar-refractivity contribution in [2.24, 2.45) is 0 Å². The minimum absolute atomic E-state index is 0.0457. The van der Waals surface area contributed by atoms with Crippen LogP contribution >= 0.6 is 11.3 Å². The molecule has 0 saturated heterocycles. The lowest BCUT2D eigenvalue weighted by Crippen LogP contribution is -2.52. The molecule has 3 aromatic rings. The van der Waals surface area contributed by atoms with Gasteiger partial charge in [0.15, 0.2) is 5.78 Å². The van der Waals surface area contributed by atoms with Crippen LogP contribution in [0.4, 0.5) is 5.69 Å². The molecule has 0 radical (unpaired) electrons. The molecule has 26 heavy (non-hydrogen) atoms. The summed E-state index contributed by atoms with van der Waals surface area (Å²) < 4.78 is 0. The van der Waals surface area contributed by atoms with Crippen LogP contribution in [0.2, 0.25) is 0 Å². The molecule has 0 amide bonds. The van der Waals surface area contributed by atoms with Crippen LogP contribution in [0.3, 0.4) is 0 Å². The molecule has 2 heterocycles. The van der Waals surface area contributed by atoms with Crippen molar-refractivity contribution in [2.45, 2.75) is 37.8 Å². The van der Waals surface area contributed by atoms with Crippen molar-refractivity contribution < 1.29 is 4.79 Å². The van der Waals surface area contributed by atoms with E-state index in [-0.39, 0.29) is 17.4 Å². The van der Waals surface area contributed by atoms with Crippen molar-refractivity contribution in [3.63, 3.8) is 0 Å². The van der Waals surface area contributed by atoms with Gasteiger partial charge in [0.2, 0.25) is 0 Å². The molecule has 5 rings (SSSR count). The number of ketones is 1. The molecule has 0 bridgehead atoms. The Labute approximate surface area is 158 Å². The van der Waals surface area contributed by atoms with E-state index in [2.05, 4.69) is 78.7 Å². The number of thiophene rings is 1. The van der Waals surface area contributed by atoms with Crippen molar-refractivity contribution in [1.29, 1.82) is 0 Å². The molecule has 2 nitrogen and oxygen atoms in total. The van der Waals surface area contributed by atoms with Gasteiger partial charge in [-0.15, -0.1) is 11.3 Å². The number of fused-ring (bicyclic) bond motifs is 5. The predicted molar refractivity (Wildman–Crippen MR) is 107 cm³/mol. The first-order valence-corrected chi connectivity index (χ1v) is 9.99. The zero-order valence-electron chi connectivity index (χ0n) is 15.0. The Kier molecular flexibility index (Phi) is 3.38. The zero-order valence-corrected chi connectivity index (χ0v) is 15.8. The van der Waals surface area contributed by atoms with Gasteiger partial charge in [0.05, 0.1) is 5.92 Å². The Morgan fingerprint density at radius 3 is 2.54 bits per heavy atom. The molecule has 2 atom stereocenters. The molecule has 2 aliphatic rings. The predicted octanol–water partition coefficient (Wildman–Crippen LogP) is 5.61. The average molecular weight is 359 g/mol. The second-order valence-electron chi connectivity index (χ2n) is 7.80. The Balaban J connectivity index is 1.70. The van der Waals surface area contributed by atoms with Gasteiger partial charge < -0.3 is 4.90 Å². The van der Waals surface area contributed by atoms with E-state index < -0.39 is 0 Å². The summed E-state index contributed by atoms with van der Waals surface area (Å²) in [6, 6.07) is 21.1. The highest BCUT2D eigenvalue weighted by Crippen LogP contribution is 2.58. The second-order valence-corrected chi connectivity index (χ2v) is 8.75. The summed E-state index contributed by atoms with van der Waals surface area (Å²) >= 11 is 1.74. The maximum atomic E-state index is 13.2. The van der Waals surface area contributed by atoms with Gasteiger partial charge in [-0.2, -0.15) is 0 Å². The lowest BCUT2D eigenvalue weighted by molar-refractivity contribution is 0.0948. The van der Waals surface area contributed by atoms with E-state index in [1.807, 2.05) is 6.07 Å². The summed E-state index contributed by atoms with van der Waals surface area (Å²) in [5.74, 6) is 0.463. The summed E-state index contributed by atoms with van der Waals surface area (Å²) in [5, 5.41) is 2.07. The number of nitrogens with zero attached hydrogens (tertiary/aromatic N) is 1. The molecule has 0 spiro atoms. The molecule has 0 unspecified atom stereocenters. The van der Waals surface area contributed by atoms with Crippen LogP contribution < -0.4 is 4.90 Å². The highest BCUT2D eigenvalue weighted by Gasteiger charge is 2.55. The number of hydrogen-bond donors (Lipinski definition) is 0. The Morgan fingerprint density at radius 2 is 1.73 bits per heavy atom. The van der Waals surface area contributed by atoms with Crippen LogP contribution in [0.1, 0.15) is 52.0 Å². The van der Waals surface area contributed by atoms with Gasteiger partial charge in [0.25, 0.3) is 0 Å². The SMILES string of the molecule is CC1(C)[C@H]2c3sccc3C(=O)[C@H]2c2ccccc2N1Cc1ccccc1. The van der Waals surface area contributed by atoms with Crippen molar-refractivity contribution in [3.05, 3.63) is 87.6 Å². The Bertz CT molecular complexity index is 988. The van der Waals surface area contributed by atoms with E-state index >= 15 is 0 Å². The summed E-state index contributed by atoms with van der Waals surface area (Å²) in [7, 11) is 0. The van der Waals surface area contributed by atoms with Crippen LogP contribution in [0.5, 0.6) is 0 Å². The first-order valence-electron chi connectivity index (χ1n) is 9.11. The maximum Gasteiger partial charge on any atom is 0.172 e. The molecule has 1 aliphatic heterocycles. The summed E-state index contributed by atoms with van der Waals surface area (Å²) in [4.78, 5) is 17.0. The number of rotatable bonds is 2. The first-order chi connectivity index (χ1) is 12.6. The second kappa shape index (κ2) is 5.55. The van der Waals surface area contributed by atoms with Gasteiger partial charge in [-0.25, -0.2) is 0 Å². The maximum absolute atomic E-state index is 13.2. The topological polar surface area (TPSA) is 20.3 Å². The Hall–Kier alpha value is -2.39. The fourth-order valence-electron chi connectivity index (χ4n) is 4.81. The van der Waals surface area contributed by atoms with Crippen molar-refractivity contribution in [3.8, 4) is 0 Å². The molecular weight excluding hydrogens is 338 g/mol. The van der Waals surface area contributed by atoms with Gasteiger partial charge in [0.1, 0.15) is 0 Å². The van der Waals surface area contributed by atoms with E-state index in [1.165, 1.54) is 21.7 Å². The molecule has 0 N–H and O–H groups in total. The van der Waals surface area contributed by atoms with Crippen LogP contribution in [0.25, 0.3) is 0 Å². The molecule has 1 aromatic heterocycles. The van der Waals surface area contributed by atoms with Gasteiger partial charge in [-0.3, -0.25) is 4.79 Å². The summed E-state index contributed by atoms with van der Waals surface area (Å²) in [6.45, 7) is 5.44. The van der Waals surface area contributed by atoms with E-state index in [0.29, 0.717) is 5.78 Å². The Morgan fingerprint density at radius 1 is 1.00 bits per heavy atom. The highest BCUT2D eigenvalue weighted by atomic mass is 32.1. The third kappa shape index (κ3) is 2.07. The molecule has 130 valence electrons. The summed E-state index contributed by atoms with van der Waals surface area (Å²) in [5.41, 5.74) is 4.48. The monoisotopic (exact) mass is 359 g/mol. The van der Waals surface area contributed by atoms with Crippen LogP contribution in [-0.4, -0.2) is 11.3 Å². The minimum Gasteiger partial charge on any atom is -0.361 e. The molecule has 2 aromatic carbocycles. The van der Waals surface area contributed by atoms with Crippen molar-refractivity contribution in [2.75, 3.05) is 4.90 Å². The number of carbonyl (C=O) groups excluding carboxylic acids is 1. The van der Waals surface area contributed by atoms with Crippen molar-refractivity contribution >= 4 is 22.8 Å². The third-order valence-electron chi connectivity index (χ3n) is 6.06. The number of para-hydroxylation sites is 1. The van der Waals surface area contributed by atoms with E-state index in [0.717, 1.165) is 12.1 Å². The largest absolute Gasteiger partial charge is 0.361 e. The number of benzene rings is 2. The number of hydrogen-bond acceptors (Lipinski definition) is 3. The van der Waals surface area contributed by atoms with Gasteiger partial charge in [0, 0.05) is 34.1 Å². The average Bonchev–Trinajstić information content (AvgIpc) is 3.22. The highest BCUT2D eigenvalue weighted by molar-refractivity contribution is 7.10. The molecule has 0 fully saturated rings. The van der Waals surface area contributed by atoms with Gasteiger partial charge in [-0.05, 0) is 42.5 Å².